The molecule has 1 aromatic rings. The molecule has 1 aliphatic heterocycles. The molecule has 1 aliphatic rings. The Balaban J connectivity index is 2.11. The quantitative estimate of drug-likeness (QED) is 0.854. The van der Waals surface area contributed by atoms with Gasteiger partial charge in [-0.3, -0.25) is 4.90 Å². The number of nitrogens with two attached hydrogens (primary N) is 1. The van der Waals surface area contributed by atoms with Gasteiger partial charge in [-0.15, -0.1) is 0 Å². The lowest BCUT2D eigenvalue weighted by atomic mass is 9.91. The number of hydrogen-bond donors (Lipinski definition) is 2. The monoisotopic (exact) mass is 262 g/mol. The predicted molar refractivity (Wildman–Crippen MR) is 79.0 cm³/mol. The maximum absolute atomic E-state index is 9.12. The molecule has 0 aliphatic carbocycles. The van der Waals surface area contributed by atoms with Gasteiger partial charge in [0.1, 0.15) is 0 Å². The van der Waals surface area contributed by atoms with Crippen LogP contribution < -0.4 is 5.73 Å². The van der Waals surface area contributed by atoms with Gasteiger partial charge < -0.3 is 10.8 Å². The van der Waals surface area contributed by atoms with Crippen LogP contribution in [0.3, 0.4) is 0 Å². The van der Waals surface area contributed by atoms with Crippen molar-refractivity contribution in [3.8, 4) is 0 Å². The van der Waals surface area contributed by atoms with E-state index in [1.54, 1.807) is 0 Å². The largest absolute Gasteiger partial charge is 0.396 e. The molecule has 1 saturated heterocycles. The Hall–Kier alpha value is -0.900. The molecule has 106 valence electrons. The fourth-order valence-electron chi connectivity index (χ4n) is 3.23. The van der Waals surface area contributed by atoms with Gasteiger partial charge in [-0.1, -0.05) is 24.3 Å². The Morgan fingerprint density at radius 2 is 2.21 bits per heavy atom. The zero-order chi connectivity index (χ0) is 13.7. The highest BCUT2D eigenvalue weighted by Gasteiger charge is 2.26. The minimum absolute atomic E-state index is 0.302. The third kappa shape index (κ3) is 3.56. The van der Waals surface area contributed by atoms with Crippen molar-refractivity contribution in [1.82, 2.24) is 4.90 Å². The number of nitrogens with zero attached hydrogens (tertiary/aromatic N) is 1. The summed E-state index contributed by atoms with van der Waals surface area (Å²) in [5, 5.41) is 9.12. The van der Waals surface area contributed by atoms with Gasteiger partial charge in [-0.2, -0.15) is 0 Å². The molecule has 3 N–H and O–H groups in total. The average molecular weight is 262 g/mol. The summed E-state index contributed by atoms with van der Waals surface area (Å²) in [7, 11) is 0. The maximum atomic E-state index is 9.12. The number of piperidine rings is 1. The number of hydrogen-bond acceptors (Lipinski definition) is 3. The number of aryl methyl sites for hydroxylation is 1. The van der Waals surface area contributed by atoms with E-state index in [0.717, 1.165) is 19.5 Å². The van der Waals surface area contributed by atoms with E-state index < -0.39 is 0 Å². The van der Waals surface area contributed by atoms with Gasteiger partial charge >= 0.3 is 0 Å². The SMILES string of the molecule is Cc1ccccc1C(CN)N1CCCC(CCO)C1. The Morgan fingerprint density at radius 3 is 2.89 bits per heavy atom. The van der Waals surface area contributed by atoms with E-state index in [9.17, 15) is 0 Å². The van der Waals surface area contributed by atoms with Gasteiger partial charge in [0.25, 0.3) is 0 Å². The van der Waals surface area contributed by atoms with E-state index in [1.807, 2.05) is 0 Å². The molecule has 19 heavy (non-hydrogen) atoms. The molecular weight excluding hydrogens is 236 g/mol. The molecule has 3 nitrogen and oxygen atoms in total. The van der Waals surface area contributed by atoms with Crippen molar-refractivity contribution in [2.75, 3.05) is 26.2 Å². The van der Waals surface area contributed by atoms with Crippen molar-refractivity contribution < 1.29 is 5.11 Å². The van der Waals surface area contributed by atoms with Gasteiger partial charge in [0.05, 0.1) is 0 Å². The van der Waals surface area contributed by atoms with Crippen molar-refractivity contribution in [3.63, 3.8) is 0 Å². The fourth-order valence-corrected chi connectivity index (χ4v) is 3.23. The van der Waals surface area contributed by atoms with Gasteiger partial charge in [0, 0.05) is 25.7 Å². The Labute approximate surface area is 116 Å². The number of benzene rings is 1. The first-order chi connectivity index (χ1) is 9.26. The van der Waals surface area contributed by atoms with Crippen LogP contribution in [0.25, 0.3) is 0 Å². The molecule has 1 heterocycles. The summed E-state index contributed by atoms with van der Waals surface area (Å²) in [6.07, 6.45) is 3.37. The van der Waals surface area contributed by atoms with Crippen molar-refractivity contribution in [1.29, 1.82) is 0 Å². The smallest absolute Gasteiger partial charge is 0.0473 e. The van der Waals surface area contributed by atoms with Crippen LogP contribution in [0.2, 0.25) is 0 Å². The van der Waals surface area contributed by atoms with Crippen LogP contribution in [-0.2, 0) is 0 Å². The molecular formula is C16H26N2O. The molecule has 1 fully saturated rings. The van der Waals surface area contributed by atoms with Crippen LogP contribution in [-0.4, -0.2) is 36.2 Å². The van der Waals surface area contributed by atoms with Crippen molar-refractivity contribution in [3.05, 3.63) is 35.4 Å². The lowest BCUT2D eigenvalue weighted by Gasteiger charge is -2.38. The molecule has 2 unspecified atom stereocenters. The summed E-state index contributed by atoms with van der Waals surface area (Å²) < 4.78 is 0. The summed E-state index contributed by atoms with van der Waals surface area (Å²) in [6, 6.07) is 8.86. The third-order valence-corrected chi connectivity index (χ3v) is 4.30. The second kappa shape index (κ2) is 7.04. The lowest BCUT2D eigenvalue weighted by molar-refractivity contribution is 0.110. The zero-order valence-electron chi connectivity index (χ0n) is 11.9. The molecule has 3 heteroatoms. The van der Waals surface area contributed by atoms with Gasteiger partial charge in [-0.25, -0.2) is 0 Å². The van der Waals surface area contributed by atoms with E-state index >= 15 is 0 Å². The second-order valence-corrected chi connectivity index (χ2v) is 5.62. The van der Waals surface area contributed by atoms with Gasteiger partial charge in [-0.05, 0) is 49.8 Å². The molecule has 2 rings (SSSR count). The topological polar surface area (TPSA) is 49.5 Å². The van der Waals surface area contributed by atoms with E-state index in [1.165, 1.54) is 24.0 Å². The van der Waals surface area contributed by atoms with E-state index in [-0.39, 0.29) is 0 Å². The third-order valence-electron chi connectivity index (χ3n) is 4.30. The van der Waals surface area contributed by atoms with Crippen molar-refractivity contribution in [2.45, 2.75) is 32.2 Å². The lowest BCUT2D eigenvalue weighted by Crippen LogP contribution is -2.41. The molecule has 0 saturated carbocycles. The Bertz CT molecular complexity index is 392. The first-order valence-electron chi connectivity index (χ1n) is 7.36. The first kappa shape index (κ1) is 14.5. The Kier molecular flexibility index (Phi) is 5.37. The van der Waals surface area contributed by atoms with Crippen LogP contribution in [0.1, 0.15) is 36.4 Å². The van der Waals surface area contributed by atoms with Crippen LogP contribution in [0, 0.1) is 12.8 Å². The predicted octanol–water partition coefficient (Wildman–Crippen LogP) is 2.09. The zero-order valence-corrected chi connectivity index (χ0v) is 11.9. The molecule has 1 aromatic carbocycles. The molecule has 0 radical (unpaired) electrons. The molecule has 2 atom stereocenters. The standard InChI is InChI=1S/C16H26N2O/c1-13-5-2-3-7-15(13)16(11-17)18-9-4-6-14(12-18)8-10-19/h2-3,5,7,14,16,19H,4,6,8-12,17H2,1H3. The number of aliphatic hydroxyl groups is 1. The van der Waals surface area contributed by atoms with Crippen molar-refractivity contribution >= 4 is 0 Å². The van der Waals surface area contributed by atoms with Crippen LogP contribution in [0.15, 0.2) is 24.3 Å². The maximum Gasteiger partial charge on any atom is 0.0473 e. The summed E-state index contributed by atoms with van der Waals surface area (Å²) >= 11 is 0. The normalized spacial score (nSPS) is 22.4. The number of rotatable bonds is 5. The fraction of sp³-hybridized carbons (Fsp3) is 0.625. The molecule has 0 bridgehead atoms. The summed E-state index contributed by atoms with van der Waals surface area (Å²) in [6.45, 7) is 5.31. The Morgan fingerprint density at radius 1 is 1.42 bits per heavy atom. The number of likely N-dealkylation sites (tertiary alicyclic amines) is 1. The van der Waals surface area contributed by atoms with Gasteiger partial charge in [0.15, 0.2) is 0 Å². The highest BCUT2D eigenvalue weighted by atomic mass is 16.3. The molecule has 0 spiro atoms. The van der Waals surface area contributed by atoms with Gasteiger partial charge in [0.2, 0.25) is 0 Å². The highest BCUT2D eigenvalue weighted by molar-refractivity contribution is 5.29. The van der Waals surface area contributed by atoms with E-state index in [0.29, 0.717) is 25.1 Å². The van der Waals surface area contributed by atoms with Crippen molar-refractivity contribution in [2.24, 2.45) is 11.7 Å². The van der Waals surface area contributed by atoms with Crippen LogP contribution in [0.4, 0.5) is 0 Å². The minimum atomic E-state index is 0.302. The number of aliphatic hydroxyl groups excluding tert-OH is 1. The van der Waals surface area contributed by atoms with Crippen LogP contribution in [0.5, 0.6) is 0 Å². The van der Waals surface area contributed by atoms with E-state index in [4.69, 9.17) is 10.8 Å². The average Bonchev–Trinajstić information content (AvgIpc) is 2.43. The summed E-state index contributed by atoms with van der Waals surface area (Å²) in [5.41, 5.74) is 8.71. The minimum Gasteiger partial charge on any atom is -0.396 e. The highest BCUT2D eigenvalue weighted by Crippen LogP contribution is 2.29. The second-order valence-electron chi connectivity index (χ2n) is 5.62. The summed E-state index contributed by atoms with van der Waals surface area (Å²) in [5.74, 6) is 0.622. The molecule has 0 aromatic heterocycles. The summed E-state index contributed by atoms with van der Waals surface area (Å²) in [4.78, 5) is 2.51. The first-order valence-corrected chi connectivity index (χ1v) is 7.36. The van der Waals surface area contributed by atoms with Crippen LogP contribution >= 0.6 is 0 Å². The molecule has 0 amide bonds. The van der Waals surface area contributed by atoms with E-state index in [2.05, 4.69) is 36.1 Å².